The van der Waals surface area contributed by atoms with Crippen molar-refractivity contribution in [3.05, 3.63) is 46.3 Å². The molecule has 1 aliphatic heterocycles. The predicted octanol–water partition coefficient (Wildman–Crippen LogP) is 2.22. The molecular weight excluding hydrogens is 330 g/mol. The van der Waals surface area contributed by atoms with Crippen LogP contribution in [0.15, 0.2) is 40.8 Å². The Morgan fingerprint density at radius 3 is 3.08 bits per heavy atom. The predicted molar refractivity (Wildman–Crippen MR) is 89.7 cm³/mol. The van der Waals surface area contributed by atoms with E-state index in [0.717, 1.165) is 0 Å². The fraction of sp³-hybridized carbons (Fsp3) is 0.188. The number of nitrogens with one attached hydrogen (secondary N) is 1. The van der Waals surface area contributed by atoms with Gasteiger partial charge in [0.05, 0.1) is 11.7 Å². The van der Waals surface area contributed by atoms with Gasteiger partial charge in [0.15, 0.2) is 11.5 Å². The molecule has 1 amide bonds. The summed E-state index contributed by atoms with van der Waals surface area (Å²) in [5, 5.41) is 5.20. The fourth-order valence-electron chi connectivity index (χ4n) is 2.47. The molecule has 2 aromatic heterocycles. The molecule has 0 aliphatic carbocycles. The minimum absolute atomic E-state index is 0.128. The van der Waals surface area contributed by atoms with Crippen molar-refractivity contribution in [3.8, 4) is 11.5 Å². The normalized spacial score (nSPS) is 12.5. The summed E-state index contributed by atoms with van der Waals surface area (Å²) in [5.74, 6) is 1.08. The Hall–Kier alpha value is -2.87. The van der Waals surface area contributed by atoms with Gasteiger partial charge in [0.2, 0.25) is 12.7 Å². The lowest BCUT2D eigenvalue weighted by molar-refractivity contribution is -0.116. The molecular formula is C16H13N3O4S. The molecule has 1 aromatic carbocycles. The largest absolute Gasteiger partial charge is 0.454 e. The van der Waals surface area contributed by atoms with Crippen molar-refractivity contribution < 1.29 is 14.3 Å². The van der Waals surface area contributed by atoms with Crippen LogP contribution in [0.5, 0.6) is 11.5 Å². The summed E-state index contributed by atoms with van der Waals surface area (Å²) in [5.41, 5.74) is 0.500. The minimum atomic E-state index is -0.189. The van der Waals surface area contributed by atoms with Crippen LogP contribution in [0.1, 0.15) is 6.42 Å². The average Bonchev–Trinajstić information content (AvgIpc) is 3.23. The third-order valence-corrected chi connectivity index (χ3v) is 4.51. The molecule has 3 heterocycles. The van der Waals surface area contributed by atoms with Gasteiger partial charge in [0.25, 0.3) is 5.56 Å². The van der Waals surface area contributed by atoms with E-state index < -0.39 is 0 Å². The van der Waals surface area contributed by atoms with Crippen LogP contribution in [0, 0.1) is 0 Å². The number of benzene rings is 1. The van der Waals surface area contributed by atoms with Crippen molar-refractivity contribution in [2.24, 2.45) is 0 Å². The van der Waals surface area contributed by atoms with E-state index in [9.17, 15) is 9.59 Å². The van der Waals surface area contributed by atoms with E-state index in [4.69, 9.17) is 9.47 Å². The Labute approximate surface area is 140 Å². The first-order valence-electron chi connectivity index (χ1n) is 7.33. The van der Waals surface area contributed by atoms with Crippen LogP contribution in [-0.2, 0) is 11.3 Å². The van der Waals surface area contributed by atoms with Gasteiger partial charge in [0, 0.05) is 24.7 Å². The number of carbonyl (C=O) groups excluding carboxylic acids is 1. The number of nitrogens with zero attached hydrogens (tertiary/aromatic N) is 2. The maximum Gasteiger partial charge on any atom is 0.262 e. The molecule has 1 N–H and O–H groups in total. The number of hydrogen-bond acceptors (Lipinski definition) is 6. The summed E-state index contributed by atoms with van der Waals surface area (Å²) >= 11 is 1.42. The Morgan fingerprint density at radius 1 is 1.29 bits per heavy atom. The number of amides is 1. The molecule has 0 fully saturated rings. The third-order valence-electron chi connectivity index (χ3n) is 3.69. The van der Waals surface area contributed by atoms with Crippen molar-refractivity contribution >= 4 is 33.1 Å². The number of rotatable bonds is 4. The van der Waals surface area contributed by atoms with E-state index >= 15 is 0 Å². The Balaban J connectivity index is 1.42. The molecule has 7 nitrogen and oxygen atoms in total. The molecule has 0 saturated heterocycles. The zero-order valence-electron chi connectivity index (χ0n) is 12.5. The van der Waals surface area contributed by atoms with Crippen molar-refractivity contribution in [1.29, 1.82) is 0 Å². The van der Waals surface area contributed by atoms with Gasteiger partial charge in [-0.05, 0) is 23.6 Å². The molecule has 122 valence electrons. The van der Waals surface area contributed by atoms with E-state index in [1.165, 1.54) is 22.2 Å². The van der Waals surface area contributed by atoms with Crippen LogP contribution in [0.3, 0.4) is 0 Å². The maximum atomic E-state index is 12.3. The van der Waals surface area contributed by atoms with E-state index in [2.05, 4.69) is 10.3 Å². The van der Waals surface area contributed by atoms with Gasteiger partial charge in [-0.25, -0.2) is 4.98 Å². The van der Waals surface area contributed by atoms with Crippen molar-refractivity contribution in [3.63, 3.8) is 0 Å². The molecule has 0 bridgehead atoms. The zero-order chi connectivity index (χ0) is 16.5. The molecule has 0 atom stereocenters. The highest BCUT2D eigenvalue weighted by Gasteiger charge is 2.14. The van der Waals surface area contributed by atoms with Gasteiger partial charge >= 0.3 is 0 Å². The van der Waals surface area contributed by atoms with E-state index in [1.807, 2.05) is 5.38 Å². The van der Waals surface area contributed by atoms with Gasteiger partial charge in [0.1, 0.15) is 4.83 Å². The number of thiophene rings is 1. The standard InChI is InChI=1S/C16H13N3O4S/c20-14(18-10-1-2-12-13(7-10)23-9-22-12)3-5-19-8-17-15-11(16(19)21)4-6-24-15/h1-2,4,6-8H,3,5,9H2,(H,18,20). The molecule has 24 heavy (non-hydrogen) atoms. The summed E-state index contributed by atoms with van der Waals surface area (Å²) in [6, 6.07) is 6.96. The second kappa shape index (κ2) is 5.97. The Kier molecular flexibility index (Phi) is 3.66. The molecule has 0 spiro atoms. The lowest BCUT2D eigenvalue weighted by atomic mass is 10.2. The van der Waals surface area contributed by atoms with Crippen molar-refractivity contribution in [2.75, 3.05) is 12.1 Å². The molecule has 0 saturated carbocycles. The Bertz CT molecular complexity index is 979. The molecule has 4 rings (SSSR count). The number of hydrogen-bond donors (Lipinski definition) is 1. The monoisotopic (exact) mass is 343 g/mol. The number of fused-ring (bicyclic) bond motifs is 2. The average molecular weight is 343 g/mol. The number of ether oxygens (including phenoxy) is 2. The topological polar surface area (TPSA) is 82.5 Å². The SMILES string of the molecule is O=C(CCn1cnc2sccc2c1=O)Nc1ccc2c(c1)OCO2. The summed E-state index contributed by atoms with van der Waals surface area (Å²) in [4.78, 5) is 29.3. The first kappa shape index (κ1) is 14.7. The molecule has 1 aliphatic rings. The molecule has 3 aromatic rings. The minimum Gasteiger partial charge on any atom is -0.454 e. The zero-order valence-corrected chi connectivity index (χ0v) is 13.3. The Morgan fingerprint density at radius 2 is 2.17 bits per heavy atom. The highest BCUT2D eigenvalue weighted by atomic mass is 32.1. The van der Waals surface area contributed by atoms with Crippen LogP contribution in [0.25, 0.3) is 10.2 Å². The quantitative estimate of drug-likeness (QED) is 0.785. The van der Waals surface area contributed by atoms with Crippen LogP contribution < -0.4 is 20.3 Å². The third kappa shape index (κ3) is 2.71. The van der Waals surface area contributed by atoms with Gasteiger partial charge < -0.3 is 14.8 Å². The highest BCUT2D eigenvalue weighted by molar-refractivity contribution is 7.16. The van der Waals surface area contributed by atoms with Gasteiger partial charge in [-0.15, -0.1) is 11.3 Å². The van der Waals surface area contributed by atoms with Crippen molar-refractivity contribution in [1.82, 2.24) is 9.55 Å². The molecule has 0 unspecified atom stereocenters. The second-order valence-corrected chi connectivity index (χ2v) is 6.14. The second-order valence-electron chi connectivity index (χ2n) is 5.25. The molecule has 0 radical (unpaired) electrons. The number of aryl methyl sites for hydroxylation is 1. The fourth-order valence-corrected chi connectivity index (χ4v) is 3.20. The van der Waals surface area contributed by atoms with E-state index in [0.29, 0.717) is 27.4 Å². The van der Waals surface area contributed by atoms with E-state index in [-0.39, 0.29) is 31.2 Å². The van der Waals surface area contributed by atoms with Crippen LogP contribution in [0.4, 0.5) is 5.69 Å². The van der Waals surface area contributed by atoms with E-state index in [1.54, 1.807) is 24.3 Å². The van der Waals surface area contributed by atoms with Crippen LogP contribution in [0.2, 0.25) is 0 Å². The maximum absolute atomic E-state index is 12.3. The van der Waals surface area contributed by atoms with Gasteiger partial charge in [-0.1, -0.05) is 0 Å². The van der Waals surface area contributed by atoms with Crippen LogP contribution in [-0.4, -0.2) is 22.3 Å². The summed E-state index contributed by atoms with van der Waals surface area (Å²) < 4.78 is 12.0. The first-order chi connectivity index (χ1) is 11.7. The number of anilines is 1. The first-order valence-corrected chi connectivity index (χ1v) is 8.21. The lowest BCUT2D eigenvalue weighted by Gasteiger charge is -2.07. The number of aromatic nitrogens is 2. The smallest absolute Gasteiger partial charge is 0.262 e. The summed E-state index contributed by atoms with van der Waals surface area (Å²) in [6.45, 7) is 0.460. The lowest BCUT2D eigenvalue weighted by Crippen LogP contribution is -2.23. The van der Waals surface area contributed by atoms with Gasteiger partial charge in [-0.2, -0.15) is 0 Å². The summed E-state index contributed by atoms with van der Waals surface area (Å²) in [6.07, 6.45) is 1.65. The highest BCUT2D eigenvalue weighted by Crippen LogP contribution is 2.34. The summed E-state index contributed by atoms with van der Waals surface area (Å²) in [7, 11) is 0. The van der Waals surface area contributed by atoms with Gasteiger partial charge in [-0.3, -0.25) is 14.2 Å². The van der Waals surface area contributed by atoms with Crippen molar-refractivity contribution in [2.45, 2.75) is 13.0 Å². The van der Waals surface area contributed by atoms with Crippen LogP contribution >= 0.6 is 11.3 Å². The molecule has 8 heteroatoms. The number of carbonyl (C=O) groups is 1.